The van der Waals surface area contributed by atoms with Crippen molar-refractivity contribution in [3.63, 3.8) is 0 Å². The Bertz CT molecular complexity index is 1190. The lowest BCUT2D eigenvalue weighted by Gasteiger charge is -2.09. The van der Waals surface area contributed by atoms with Gasteiger partial charge in [0.25, 0.3) is 5.56 Å². The minimum Gasteiger partial charge on any atom is -0.368 e. The number of pyridine rings is 1. The summed E-state index contributed by atoms with van der Waals surface area (Å²) in [5.41, 5.74) is 8.46. The van der Waals surface area contributed by atoms with Crippen LogP contribution in [0.2, 0.25) is 0 Å². The number of nitrogen functional groups attached to an aromatic ring is 1. The van der Waals surface area contributed by atoms with Gasteiger partial charge in [-0.2, -0.15) is 0 Å². The van der Waals surface area contributed by atoms with E-state index in [0.29, 0.717) is 29.1 Å². The summed E-state index contributed by atoms with van der Waals surface area (Å²) in [7, 11) is 0. The molecule has 0 atom stereocenters. The zero-order valence-electron chi connectivity index (χ0n) is 14.9. The van der Waals surface area contributed by atoms with Gasteiger partial charge in [0.05, 0.1) is 17.9 Å². The average Bonchev–Trinajstić information content (AvgIpc) is 2.70. The van der Waals surface area contributed by atoms with Gasteiger partial charge in [-0.3, -0.25) is 4.79 Å². The third-order valence-corrected chi connectivity index (χ3v) is 4.38. The number of rotatable bonds is 4. The van der Waals surface area contributed by atoms with Crippen molar-refractivity contribution in [2.24, 2.45) is 0 Å². The smallest absolute Gasteiger partial charge is 0.251 e. The Labute approximate surface area is 161 Å². The lowest BCUT2D eigenvalue weighted by Crippen LogP contribution is -2.19. The van der Waals surface area contributed by atoms with E-state index in [1.807, 2.05) is 30.3 Å². The molecule has 0 saturated heterocycles. The van der Waals surface area contributed by atoms with Gasteiger partial charge in [-0.15, -0.1) is 0 Å². The maximum absolute atomic E-state index is 14.1. The van der Waals surface area contributed by atoms with E-state index in [9.17, 15) is 9.18 Å². The number of nitrogens with zero attached hydrogens (tertiary/aromatic N) is 3. The van der Waals surface area contributed by atoms with Crippen molar-refractivity contribution < 1.29 is 4.39 Å². The molecule has 2 N–H and O–H groups in total. The molecule has 4 rings (SSSR count). The molecule has 0 saturated carbocycles. The zero-order valence-corrected chi connectivity index (χ0v) is 14.9. The van der Waals surface area contributed by atoms with Gasteiger partial charge in [-0.25, -0.2) is 14.4 Å². The Balaban J connectivity index is 1.71. The van der Waals surface area contributed by atoms with Gasteiger partial charge in [0, 0.05) is 23.4 Å². The van der Waals surface area contributed by atoms with Crippen molar-refractivity contribution in [2.75, 3.05) is 5.73 Å². The summed E-state index contributed by atoms with van der Waals surface area (Å²) in [6, 6.07) is 21.0. The molecule has 2 heterocycles. The van der Waals surface area contributed by atoms with Crippen LogP contribution in [0.25, 0.3) is 22.5 Å². The molecule has 5 nitrogen and oxygen atoms in total. The molecule has 0 bridgehead atoms. The molecule has 0 fully saturated rings. The maximum Gasteiger partial charge on any atom is 0.251 e. The Morgan fingerprint density at radius 2 is 1.61 bits per heavy atom. The van der Waals surface area contributed by atoms with E-state index in [1.54, 1.807) is 41.1 Å². The third-order valence-electron chi connectivity index (χ3n) is 4.38. The molecule has 0 aliphatic heterocycles. The van der Waals surface area contributed by atoms with Crippen molar-refractivity contribution >= 4 is 5.95 Å². The minimum absolute atomic E-state index is 0.0178. The predicted molar refractivity (Wildman–Crippen MR) is 107 cm³/mol. The van der Waals surface area contributed by atoms with Crippen LogP contribution in [0.15, 0.2) is 83.8 Å². The first-order chi connectivity index (χ1) is 13.6. The van der Waals surface area contributed by atoms with E-state index >= 15 is 0 Å². The molecule has 28 heavy (non-hydrogen) atoms. The van der Waals surface area contributed by atoms with E-state index in [4.69, 9.17) is 5.73 Å². The Morgan fingerprint density at radius 1 is 0.893 bits per heavy atom. The lowest BCUT2D eigenvalue weighted by atomic mass is 10.1. The van der Waals surface area contributed by atoms with Crippen LogP contribution in [0.5, 0.6) is 0 Å². The van der Waals surface area contributed by atoms with Crippen LogP contribution in [0.4, 0.5) is 10.3 Å². The molecule has 2 aromatic heterocycles. The fourth-order valence-electron chi connectivity index (χ4n) is 3.00. The van der Waals surface area contributed by atoms with E-state index in [0.717, 1.165) is 5.56 Å². The fraction of sp³-hybridized carbons (Fsp3) is 0.0455. The summed E-state index contributed by atoms with van der Waals surface area (Å²) in [5, 5.41) is 0. The van der Waals surface area contributed by atoms with Crippen molar-refractivity contribution in [3.05, 3.63) is 101 Å². The van der Waals surface area contributed by atoms with Crippen molar-refractivity contribution in [3.8, 4) is 22.5 Å². The summed E-state index contributed by atoms with van der Waals surface area (Å²) in [5.74, 6) is -0.381. The highest BCUT2D eigenvalue weighted by molar-refractivity contribution is 5.69. The molecule has 4 aromatic rings. The number of anilines is 1. The van der Waals surface area contributed by atoms with Crippen LogP contribution in [0.3, 0.4) is 0 Å². The molecule has 0 aliphatic carbocycles. The molecule has 138 valence electrons. The molecule has 0 aliphatic rings. The monoisotopic (exact) mass is 372 g/mol. The van der Waals surface area contributed by atoms with Crippen LogP contribution in [0, 0.1) is 5.82 Å². The first-order valence-electron chi connectivity index (χ1n) is 8.74. The van der Waals surface area contributed by atoms with Crippen molar-refractivity contribution in [1.29, 1.82) is 0 Å². The van der Waals surface area contributed by atoms with Crippen LogP contribution < -0.4 is 11.3 Å². The SMILES string of the molecule is Nc1nc(-c2ccn(Cc3ccccc3)c(=O)c2)cc(-c2ccccc2F)n1. The summed E-state index contributed by atoms with van der Waals surface area (Å²) in [6.45, 7) is 0.479. The highest BCUT2D eigenvalue weighted by Crippen LogP contribution is 2.25. The molecule has 0 radical (unpaired) electrons. The number of nitrogens with two attached hydrogens (primary N) is 1. The quantitative estimate of drug-likeness (QED) is 0.592. The second-order valence-electron chi connectivity index (χ2n) is 6.34. The molecular formula is C22H17FN4O. The van der Waals surface area contributed by atoms with Crippen molar-refractivity contribution in [1.82, 2.24) is 14.5 Å². The number of aromatic nitrogens is 3. The van der Waals surface area contributed by atoms with Gasteiger partial charge >= 0.3 is 0 Å². The second kappa shape index (κ2) is 7.44. The van der Waals surface area contributed by atoms with E-state index < -0.39 is 5.82 Å². The summed E-state index contributed by atoms with van der Waals surface area (Å²) >= 11 is 0. The number of benzene rings is 2. The van der Waals surface area contributed by atoms with Crippen LogP contribution >= 0.6 is 0 Å². The van der Waals surface area contributed by atoms with E-state index in [2.05, 4.69) is 9.97 Å². The highest BCUT2D eigenvalue weighted by atomic mass is 19.1. The largest absolute Gasteiger partial charge is 0.368 e. The van der Waals surface area contributed by atoms with Crippen molar-refractivity contribution in [2.45, 2.75) is 6.54 Å². The van der Waals surface area contributed by atoms with Gasteiger partial charge in [0.2, 0.25) is 5.95 Å². The van der Waals surface area contributed by atoms with Gasteiger partial charge in [0.1, 0.15) is 5.82 Å². The average molecular weight is 372 g/mol. The molecule has 0 unspecified atom stereocenters. The first-order valence-corrected chi connectivity index (χ1v) is 8.74. The first kappa shape index (κ1) is 17.6. The van der Waals surface area contributed by atoms with Crippen LogP contribution in [-0.2, 0) is 6.54 Å². The standard InChI is InChI=1S/C22H17FN4O/c23-18-9-5-4-8-17(18)20-13-19(25-22(24)26-20)16-10-11-27(21(28)12-16)14-15-6-2-1-3-7-15/h1-13H,14H2,(H2,24,25,26). The topological polar surface area (TPSA) is 73.8 Å². The lowest BCUT2D eigenvalue weighted by molar-refractivity contribution is 0.630. The predicted octanol–water partition coefficient (Wildman–Crippen LogP) is 3.74. The zero-order chi connectivity index (χ0) is 19.5. The van der Waals surface area contributed by atoms with Crippen LogP contribution in [-0.4, -0.2) is 14.5 Å². The number of hydrogen-bond acceptors (Lipinski definition) is 4. The maximum atomic E-state index is 14.1. The van der Waals surface area contributed by atoms with E-state index in [1.165, 1.54) is 12.1 Å². The number of hydrogen-bond donors (Lipinski definition) is 1. The van der Waals surface area contributed by atoms with Gasteiger partial charge in [-0.05, 0) is 29.8 Å². The van der Waals surface area contributed by atoms with Gasteiger partial charge < -0.3 is 10.3 Å². The molecule has 6 heteroatoms. The highest BCUT2D eigenvalue weighted by Gasteiger charge is 2.11. The summed E-state index contributed by atoms with van der Waals surface area (Å²) < 4.78 is 15.7. The van der Waals surface area contributed by atoms with E-state index in [-0.39, 0.29) is 11.5 Å². The molecular weight excluding hydrogens is 355 g/mol. The van der Waals surface area contributed by atoms with Crippen LogP contribution in [0.1, 0.15) is 5.56 Å². The van der Waals surface area contributed by atoms with Gasteiger partial charge in [-0.1, -0.05) is 42.5 Å². The second-order valence-corrected chi connectivity index (χ2v) is 6.34. The molecule has 0 amide bonds. The summed E-state index contributed by atoms with van der Waals surface area (Å²) in [4.78, 5) is 20.9. The van der Waals surface area contributed by atoms with Gasteiger partial charge in [0.15, 0.2) is 0 Å². The third kappa shape index (κ3) is 3.66. The Morgan fingerprint density at radius 3 is 2.36 bits per heavy atom. The Kier molecular flexibility index (Phi) is 4.68. The summed E-state index contributed by atoms with van der Waals surface area (Å²) in [6.07, 6.45) is 1.71. The minimum atomic E-state index is -0.398. The number of halogens is 1. The molecule has 2 aromatic carbocycles. The Hall–Kier alpha value is -3.80. The normalized spacial score (nSPS) is 10.8. The molecule has 0 spiro atoms. The fourth-order valence-corrected chi connectivity index (χ4v) is 3.00.